The highest BCUT2D eigenvalue weighted by Crippen LogP contribution is 2.10. The van der Waals surface area contributed by atoms with Gasteiger partial charge in [-0.05, 0) is 31.5 Å². The van der Waals surface area contributed by atoms with Gasteiger partial charge in [0.1, 0.15) is 0 Å². The zero-order chi connectivity index (χ0) is 11.9. The molecule has 0 aliphatic rings. The first-order valence-corrected chi connectivity index (χ1v) is 6.12. The molecule has 0 saturated heterocycles. The molecule has 1 heterocycles. The highest BCUT2D eigenvalue weighted by molar-refractivity contribution is 5.17. The molecule has 90 valence electrons. The topological polar surface area (TPSA) is 29.9 Å². The van der Waals surface area contributed by atoms with Crippen LogP contribution in [0.3, 0.4) is 0 Å². The Balaban J connectivity index is 1.68. The highest BCUT2D eigenvalue weighted by Gasteiger charge is 2.02. The van der Waals surface area contributed by atoms with E-state index in [0.29, 0.717) is 6.04 Å². The van der Waals surface area contributed by atoms with Gasteiger partial charge < -0.3 is 5.32 Å². The smallest absolute Gasteiger partial charge is 0.0489 e. The van der Waals surface area contributed by atoms with Crippen LogP contribution in [0, 0.1) is 0 Å². The van der Waals surface area contributed by atoms with Crippen LogP contribution < -0.4 is 5.32 Å². The molecule has 0 spiro atoms. The zero-order valence-electron chi connectivity index (χ0n) is 10.2. The first-order valence-electron chi connectivity index (χ1n) is 6.12. The number of hydrogen-bond acceptors (Lipinski definition) is 2. The molecule has 1 atom stereocenters. The van der Waals surface area contributed by atoms with Crippen molar-refractivity contribution < 1.29 is 0 Å². The van der Waals surface area contributed by atoms with Gasteiger partial charge in [-0.1, -0.05) is 30.3 Å². The second-order valence-corrected chi connectivity index (χ2v) is 4.21. The molecule has 2 rings (SSSR count). The Kier molecular flexibility index (Phi) is 4.33. The molecule has 1 aromatic heterocycles. The normalized spacial score (nSPS) is 12.5. The van der Waals surface area contributed by atoms with Gasteiger partial charge in [0, 0.05) is 25.0 Å². The third-order valence-electron chi connectivity index (χ3n) is 2.87. The first-order chi connectivity index (χ1) is 8.36. The molecular formula is C14H19N3. The zero-order valence-corrected chi connectivity index (χ0v) is 10.2. The SMILES string of the molecule is CC(NCCCn1cccn1)c1ccccc1. The largest absolute Gasteiger partial charge is 0.310 e. The molecule has 3 nitrogen and oxygen atoms in total. The van der Waals surface area contributed by atoms with Crippen molar-refractivity contribution in [2.45, 2.75) is 25.9 Å². The van der Waals surface area contributed by atoms with E-state index in [4.69, 9.17) is 0 Å². The molecule has 0 aliphatic heterocycles. The van der Waals surface area contributed by atoms with Gasteiger partial charge in [-0.3, -0.25) is 4.68 Å². The Hall–Kier alpha value is -1.61. The average Bonchev–Trinajstić information content (AvgIpc) is 2.88. The summed E-state index contributed by atoms with van der Waals surface area (Å²) in [5, 5.41) is 7.70. The van der Waals surface area contributed by atoms with E-state index in [1.807, 2.05) is 29.2 Å². The molecule has 0 radical (unpaired) electrons. The number of rotatable bonds is 6. The van der Waals surface area contributed by atoms with Crippen molar-refractivity contribution in [3.05, 3.63) is 54.4 Å². The molecule has 1 aromatic carbocycles. The maximum Gasteiger partial charge on any atom is 0.0489 e. The molecule has 17 heavy (non-hydrogen) atoms. The van der Waals surface area contributed by atoms with Crippen LogP contribution >= 0.6 is 0 Å². The van der Waals surface area contributed by atoms with Crippen molar-refractivity contribution in [2.75, 3.05) is 6.54 Å². The summed E-state index contributed by atoms with van der Waals surface area (Å²) >= 11 is 0. The Morgan fingerprint density at radius 3 is 2.76 bits per heavy atom. The summed E-state index contributed by atoms with van der Waals surface area (Å²) in [5.41, 5.74) is 1.34. The lowest BCUT2D eigenvalue weighted by Crippen LogP contribution is -2.21. The van der Waals surface area contributed by atoms with Crippen molar-refractivity contribution in [1.82, 2.24) is 15.1 Å². The predicted molar refractivity (Wildman–Crippen MR) is 69.7 cm³/mol. The van der Waals surface area contributed by atoms with E-state index in [1.54, 1.807) is 0 Å². The Morgan fingerprint density at radius 1 is 1.24 bits per heavy atom. The van der Waals surface area contributed by atoms with Gasteiger partial charge in [0.2, 0.25) is 0 Å². The van der Waals surface area contributed by atoms with Crippen molar-refractivity contribution in [2.24, 2.45) is 0 Å². The van der Waals surface area contributed by atoms with Crippen LogP contribution in [0.4, 0.5) is 0 Å². The average molecular weight is 229 g/mol. The van der Waals surface area contributed by atoms with E-state index < -0.39 is 0 Å². The van der Waals surface area contributed by atoms with Gasteiger partial charge in [-0.2, -0.15) is 5.10 Å². The third kappa shape index (κ3) is 3.71. The van der Waals surface area contributed by atoms with E-state index in [0.717, 1.165) is 19.5 Å². The second kappa shape index (κ2) is 6.21. The summed E-state index contributed by atoms with van der Waals surface area (Å²) in [6, 6.07) is 12.9. The molecule has 0 saturated carbocycles. The molecule has 0 bridgehead atoms. The van der Waals surface area contributed by atoms with Crippen LogP contribution in [0.2, 0.25) is 0 Å². The lowest BCUT2D eigenvalue weighted by Gasteiger charge is -2.13. The maximum atomic E-state index is 4.18. The lowest BCUT2D eigenvalue weighted by molar-refractivity contribution is 0.507. The van der Waals surface area contributed by atoms with Gasteiger partial charge in [-0.25, -0.2) is 0 Å². The Labute approximate surface area is 102 Å². The van der Waals surface area contributed by atoms with E-state index >= 15 is 0 Å². The quantitative estimate of drug-likeness (QED) is 0.772. The van der Waals surface area contributed by atoms with Crippen molar-refractivity contribution >= 4 is 0 Å². The van der Waals surface area contributed by atoms with Gasteiger partial charge >= 0.3 is 0 Å². The van der Waals surface area contributed by atoms with Crippen LogP contribution in [0.25, 0.3) is 0 Å². The van der Waals surface area contributed by atoms with Gasteiger partial charge in [0.25, 0.3) is 0 Å². The number of aromatic nitrogens is 2. The number of nitrogens with zero attached hydrogens (tertiary/aromatic N) is 2. The van der Waals surface area contributed by atoms with E-state index in [-0.39, 0.29) is 0 Å². The molecule has 0 amide bonds. The Bertz CT molecular complexity index is 408. The van der Waals surface area contributed by atoms with Crippen molar-refractivity contribution in [1.29, 1.82) is 0 Å². The molecule has 1 unspecified atom stereocenters. The fraction of sp³-hybridized carbons (Fsp3) is 0.357. The molecular weight excluding hydrogens is 210 g/mol. The van der Waals surface area contributed by atoms with Crippen molar-refractivity contribution in [3.63, 3.8) is 0 Å². The number of benzene rings is 1. The molecule has 1 N–H and O–H groups in total. The summed E-state index contributed by atoms with van der Waals surface area (Å²) < 4.78 is 1.97. The number of aryl methyl sites for hydroxylation is 1. The Morgan fingerprint density at radius 2 is 2.06 bits per heavy atom. The van der Waals surface area contributed by atoms with Gasteiger partial charge in [-0.15, -0.1) is 0 Å². The van der Waals surface area contributed by atoms with Crippen LogP contribution in [0.5, 0.6) is 0 Å². The van der Waals surface area contributed by atoms with E-state index in [1.165, 1.54) is 5.56 Å². The minimum Gasteiger partial charge on any atom is -0.310 e. The molecule has 0 aliphatic carbocycles. The summed E-state index contributed by atoms with van der Waals surface area (Å²) in [7, 11) is 0. The maximum absolute atomic E-state index is 4.18. The minimum atomic E-state index is 0.411. The monoisotopic (exact) mass is 229 g/mol. The first kappa shape index (κ1) is 11.9. The fourth-order valence-corrected chi connectivity index (χ4v) is 1.85. The van der Waals surface area contributed by atoms with Crippen LogP contribution in [0.15, 0.2) is 48.8 Å². The van der Waals surface area contributed by atoms with E-state index in [9.17, 15) is 0 Å². The molecule has 3 heteroatoms. The van der Waals surface area contributed by atoms with Gasteiger partial charge in [0.05, 0.1) is 0 Å². The molecule has 2 aromatic rings. The standard InChI is InChI=1S/C14H19N3/c1-13(14-7-3-2-4-8-14)15-9-5-11-17-12-6-10-16-17/h2-4,6-8,10,12-13,15H,5,9,11H2,1H3. The number of nitrogens with one attached hydrogen (secondary N) is 1. The minimum absolute atomic E-state index is 0.411. The fourth-order valence-electron chi connectivity index (χ4n) is 1.85. The summed E-state index contributed by atoms with van der Waals surface area (Å²) in [5.74, 6) is 0. The highest BCUT2D eigenvalue weighted by atomic mass is 15.3. The van der Waals surface area contributed by atoms with Crippen LogP contribution in [-0.2, 0) is 6.54 Å². The molecule has 0 fully saturated rings. The van der Waals surface area contributed by atoms with Crippen LogP contribution in [0.1, 0.15) is 24.9 Å². The second-order valence-electron chi connectivity index (χ2n) is 4.21. The van der Waals surface area contributed by atoms with Crippen molar-refractivity contribution in [3.8, 4) is 0 Å². The predicted octanol–water partition coefficient (Wildman–Crippen LogP) is 2.62. The number of hydrogen-bond donors (Lipinski definition) is 1. The third-order valence-corrected chi connectivity index (χ3v) is 2.87. The van der Waals surface area contributed by atoms with Crippen LogP contribution in [-0.4, -0.2) is 16.3 Å². The van der Waals surface area contributed by atoms with E-state index in [2.05, 4.69) is 41.6 Å². The summed E-state index contributed by atoms with van der Waals surface area (Å²) in [6.07, 6.45) is 4.92. The lowest BCUT2D eigenvalue weighted by atomic mass is 10.1. The van der Waals surface area contributed by atoms with Gasteiger partial charge in [0.15, 0.2) is 0 Å². The summed E-state index contributed by atoms with van der Waals surface area (Å²) in [4.78, 5) is 0. The summed E-state index contributed by atoms with van der Waals surface area (Å²) in [6.45, 7) is 4.18.